The van der Waals surface area contributed by atoms with Crippen LogP contribution in [0.4, 0.5) is 0 Å². The zero-order valence-electron chi connectivity index (χ0n) is 9.61. The predicted octanol–water partition coefficient (Wildman–Crippen LogP) is 5.57. The number of carbonyl (C=O) groups is 1. The van der Waals surface area contributed by atoms with E-state index in [0.29, 0.717) is 0 Å². The van der Waals surface area contributed by atoms with Crippen LogP contribution in [0, 0.1) is 0 Å². The molecule has 0 heterocycles. The van der Waals surface area contributed by atoms with Gasteiger partial charge in [0, 0.05) is 24.3 Å². The summed E-state index contributed by atoms with van der Waals surface area (Å²) in [4.78, 5) is 13.6. The van der Waals surface area contributed by atoms with E-state index in [4.69, 9.17) is 0 Å². The highest BCUT2D eigenvalue weighted by Crippen LogP contribution is 2.31. The quantitative estimate of drug-likeness (QED) is 0.642. The van der Waals surface area contributed by atoms with Crippen LogP contribution in [0.2, 0.25) is 0 Å². The van der Waals surface area contributed by atoms with Gasteiger partial charge < -0.3 is 0 Å². The third kappa shape index (κ3) is 3.46. The molecule has 2 aromatic carbocycles. The second-order valence-corrected chi connectivity index (χ2v) is 6.67. The van der Waals surface area contributed by atoms with Gasteiger partial charge in [0.25, 0.3) is 0 Å². The molecule has 0 aliphatic heterocycles. The Labute approximate surface area is 127 Å². The van der Waals surface area contributed by atoms with Gasteiger partial charge in [-0.3, -0.25) is 4.79 Å². The maximum atomic E-state index is 11.3. The van der Waals surface area contributed by atoms with E-state index in [9.17, 15) is 4.79 Å². The largest absolute Gasteiger partial charge is 0.294 e. The van der Waals surface area contributed by atoms with Gasteiger partial charge in [-0.25, -0.2) is 0 Å². The summed E-state index contributed by atoms with van der Waals surface area (Å²) in [6.45, 7) is 1.57. The van der Waals surface area contributed by atoms with Gasteiger partial charge in [-0.15, -0.1) is 0 Å². The van der Waals surface area contributed by atoms with Crippen LogP contribution in [0.15, 0.2) is 61.2 Å². The summed E-state index contributed by atoms with van der Waals surface area (Å²) in [6, 6.07) is 13.9. The summed E-state index contributed by atoms with van der Waals surface area (Å²) in [6.07, 6.45) is 0. The van der Waals surface area contributed by atoms with E-state index in [1.165, 1.54) is 4.90 Å². The van der Waals surface area contributed by atoms with Gasteiger partial charge >= 0.3 is 0 Å². The molecule has 92 valence electrons. The minimum absolute atomic E-state index is 0.0714. The lowest BCUT2D eigenvalue weighted by Gasteiger charge is -2.05. The first-order chi connectivity index (χ1) is 8.56. The van der Waals surface area contributed by atoms with Gasteiger partial charge in [0.05, 0.1) is 0 Å². The van der Waals surface area contributed by atoms with Gasteiger partial charge in [-0.2, -0.15) is 0 Å². The summed E-state index contributed by atoms with van der Waals surface area (Å²) < 4.78 is 1.91. The standard InChI is InChI=1S/C14H10Br2OS/c1-9(17)13-7-6-12(8-14(13)16)18-11-4-2-10(15)3-5-11/h2-8H,1H3. The minimum atomic E-state index is 0.0714. The van der Waals surface area contributed by atoms with Crippen LogP contribution in [0.25, 0.3) is 0 Å². The lowest BCUT2D eigenvalue weighted by molar-refractivity contribution is 0.101. The molecule has 0 amide bonds. The average molecular weight is 386 g/mol. The van der Waals surface area contributed by atoms with Crippen molar-refractivity contribution >= 4 is 49.4 Å². The molecular formula is C14H10Br2OS. The SMILES string of the molecule is CC(=O)c1ccc(Sc2ccc(Br)cc2)cc1Br. The van der Waals surface area contributed by atoms with Crippen molar-refractivity contribution in [2.75, 3.05) is 0 Å². The Balaban J connectivity index is 2.22. The second kappa shape index (κ2) is 6.04. The summed E-state index contributed by atoms with van der Waals surface area (Å²) in [5.41, 5.74) is 0.718. The molecule has 0 aliphatic carbocycles. The van der Waals surface area contributed by atoms with E-state index in [0.717, 1.165) is 19.4 Å². The summed E-state index contributed by atoms with van der Waals surface area (Å²) in [5.74, 6) is 0.0714. The fourth-order valence-electron chi connectivity index (χ4n) is 1.48. The number of carbonyl (C=O) groups excluding carboxylic acids is 1. The predicted molar refractivity (Wildman–Crippen MR) is 82.4 cm³/mol. The Bertz CT molecular complexity index is 579. The molecule has 0 bridgehead atoms. The third-order valence-corrected chi connectivity index (χ3v) is 4.55. The van der Waals surface area contributed by atoms with Crippen molar-refractivity contribution in [1.29, 1.82) is 0 Å². The Kier molecular flexibility index (Phi) is 4.65. The maximum Gasteiger partial charge on any atom is 0.160 e. The first kappa shape index (κ1) is 13.8. The van der Waals surface area contributed by atoms with Crippen LogP contribution in [0.3, 0.4) is 0 Å². The number of benzene rings is 2. The van der Waals surface area contributed by atoms with Crippen LogP contribution in [0.5, 0.6) is 0 Å². The molecule has 0 spiro atoms. The van der Waals surface area contributed by atoms with Crippen molar-refractivity contribution in [3.05, 3.63) is 57.0 Å². The molecule has 0 unspecified atom stereocenters. The summed E-state index contributed by atoms with van der Waals surface area (Å²) in [5, 5.41) is 0. The topological polar surface area (TPSA) is 17.1 Å². The van der Waals surface area contributed by atoms with E-state index in [1.807, 2.05) is 30.3 Å². The fourth-order valence-corrected chi connectivity index (χ4v) is 3.41. The number of Topliss-reactive ketones (excluding diaryl/α,β-unsaturated/α-hetero) is 1. The van der Waals surface area contributed by atoms with Crippen LogP contribution < -0.4 is 0 Å². The van der Waals surface area contributed by atoms with Crippen LogP contribution in [-0.2, 0) is 0 Å². The maximum absolute atomic E-state index is 11.3. The zero-order valence-corrected chi connectivity index (χ0v) is 13.6. The molecule has 1 nitrogen and oxygen atoms in total. The molecule has 2 aromatic rings. The first-order valence-electron chi connectivity index (χ1n) is 5.30. The van der Waals surface area contributed by atoms with E-state index >= 15 is 0 Å². The number of ketones is 1. The number of rotatable bonds is 3. The zero-order chi connectivity index (χ0) is 13.1. The fraction of sp³-hybridized carbons (Fsp3) is 0.0714. The van der Waals surface area contributed by atoms with Gasteiger partial charge in [0.15, 0.2) is 5.78 Å². The lowest BCUT2D eigenvalue weighted by atomic mass is 10.2. The smallest absolute Gasteiger partial charge is 0.160 e. The Morgan fingerprint density at radius 1 is 1.00 bits per heavy atom. The molecule has 0 saturated carbocycles. The highest BCUT2D eigenvalue weighted by atomic mass is 79.9. The Hall–Kier alpha value is -0.580. The average Bonchev–Trinajstić information content (AvgIpc) is 2.32. The monoisotopic (exact) mass is 384 g/mol. The van der Waals surface area contributed by atoms with Crippen molar-refractivity contribution in [1.82, 2.24) is 0 Å². The van der Waals surface area contributed by atoms with E-state index in [2.05, 4.69) is 44.0 Å². The van der Waals surface area contributed by atoms with Crippen LogP contribution >= 0.6 is 43.6 Å². The van der Waals surface area contributed by atoms with Crippen molar-refractivity contribution < 1.29 is 4.79 Å². The Morgan fingerprint density at radius 2 is 1.61 bits per heavy atom. The molecule has 0 aliphatic rings. The molecule has 2 rings (SSSR count). The van der Waals surface area contributed by atoms with Crippen LogP contribution in [-0.4, -0.2) is 5.78 Å². The van der Waals surface area contributed by atoms with E-state index < -0.39 is 0 Å². The third-order valence-electron chi connectivity index (χ3n) is 2.37. The summed E-state index contributed by atoms with van der Waals surface area (Å²) >= 11 is 8.51. The van der Waals surface area contributed by atoms with E-state index in [1.54, 1.807) is 18.7 Å². The molecule has 0 radical (unpaired) electrons. The van der Waals surface area contributed by atoms with Crippen LogP contribution in [0.1, 0.15) is 17.3 Å². The molecule has 4 heteroatoms. The van der Waals surface area contributed by atoms with Crippen molar-refractivity contribution in [3.63, 3.8) is 0 Å². The molecular weight excluding hydrogens is 376 g/mol. The molecule has 0 N–H and O–H groups in total. The Morgan fingerprint density at radius 3 is 2.17 bits per heavy atom. The lowest BCUT2D eigenvalue weighted by Crippen LogP contribution is -1.93. The molecule has 18 heavy (non-hydrogen) atoms. The number of hydrogen-bond acceptors (Lipinski definition) is 2. The highest BCUT2D eigenvalue weighted by Gasteiger charge is 2.06. The molecule has 0 fully saturated rings. The summed E-state index contributed by atoms with van der Waals surface area (Å²) in [7, 11) is 0. The second-order valence-electron chi connectivity index (χ2n) is 3.75. The van der Waals surface area contributed by atoms with Gasteiger partial charge in [-0.05, 0) is 49.4 Å². The van der Waals surface area contributed by atoms with Gasteiger partial charge in [0.2, 0.25) is 0 Å². The minimum Gasteiger partial charge on any atom is -0.294 e. The van der Waals surface area contributed by atoms with E-state index in [-0.39, 0.29) is 5.78 Å². The van der Waals surface area contributed by atoms with Crippen molar-refractivity contribution in [2.24, 2.45) is 0 Å². The normalized spacial score (nSPS) is 10.4. The first-order valence-corrected chi connectivity index (χ1v) is 7.70. The highest BCUT2D eigenvalue weighted by molar-refractivity contribution is 9.10. The van der Waals surface area contributed by atoms with Gasteiger partial charge in [-0.1, -0.05) is 43.6 Å². The molecule has 0 saturated heterocycles. The van der Waals surface area contributed by atoms with Gasteiger partial charge in [0.1, 0.15) is 0 Å². The number of halogens is 2. The van der Waals surface area contributed by atoms with Crippen molar-refractivity contribution in [2.45, 2.75) is 16.7 Å². The number of hydrogen-bond donors (Lipinski definition) is 0. The molecule has 0 aromatic heterocycles. The molecule has 0 atom stereocenters. The van der Waals surface area contributed by atoms with Crippen molar-refractivity contribution in [3.8, 4) is 0 Å².